The molecule has 2 heterocycles. The van der Waals surface area contributed by atoms with E-state index in [1.807, 2.05) is 30.5 Å². The Balaban J connectivity index is 1.73. The van der Waals surface area contributed by atoms with Crippen molar-refractivity contribution in [2.45, 2.75) is 20.8 Å². The number of fused-ring (bicyclic) bond motifs is 3. The molecule has 0 bridgehead atoms. The van der Waals surface area contributed by atoms with Crippen LogP contribution in [0.1, 0.15) is 16.7 Å². The smallest absolute Gasteiger partial charge is 0.144 e. The van der Waals surface area contributed by atoms with E-state index in [1.54, 1.807) is 6.07 Å². The molecule has 2 aromatic heterocycles. The summed E-state index contributed by atoms with van der Waals surface area (Å²) in [5.41, 5.74) is 9.27. The second-order valence-electron chi connectivity index (χ2n) is 7.63. The van der Waals surface area contributed by atoms with Gasteiger partial charge >= 0.3 is 0 Å². The summed E-state index contributed by atoms with van der Waals surface area (Å²) in [7, 11) is 0. The topological polar surface area (TPSA) is 26.0 Å². The SMILES string of the molecule is Cc1cc(C)c(-c2ccnc(-c3cccc4c3oc3ccc(F)cc34)c2)c(C)c1. The van der Waals surface area contributed by atoms with Gasteiger partial charge in [-0.2, -0.15) is 0 Å². The summed E-state index contributed by atoms with van der Waals surface area (Å²) in [6.07, 6.45) is 1.84. The molecule has 29 heavy (non-hydrogen) atoms. The largest absolute Gasteiger partial charge is 0.455 e. The fourth-order valence-corrected chi connectivity index (χ4v) is 4.34. The van der Waals surface area contributed by atoms with Gasteiger partial charge < -0.3 is 4.42 Å². The van der Waals surface area contributed by atoms with Crippen LogP contribution in [0.3, 0.4) is 0 Å². The summed E-state index contributed by atoms with van der Waals surface area (Å²) >= 11 is 0. The highest BCUT2D eigenvalue weighted by molar-refractivity contribution is 6.09. The van der Waals surface area contributed by atoms with Crippen molar-refractivity contribution in [1.29, 1.82) is 0 Å². The molecule has 3 heteroatoms. The van der Waals surface area contributed by atoms with E-state index < -0.39 is 0 Å². The van der Waals surface area contributed by atoms with E-state index in [0.717, 1.165) is 33.2 Å². The van der Waals surface area contributed by atoms with Crippen molar-refractivity contribution >= 4 is 21.9 Å². The van der Waals surface area contributed by atoms with Crippen molar-refractivity contribution in [3.05, 3.63) is 89.4 Å². The fourth-order valence-electron chi connectivity index (χ4n) is 4.34. The lowest BCUT2D eigenvalue weighted by Crippen LogP contribution is -1.92. The molecular weight excluding hydrogens is 361 g/mol. The van der Waals surface area contributed by atoms with Crippen molar-refractivity contribution in [2.24, 2.45) is 0 Å². The van der Waals surface area contributed by atoms with Gasteiger partial charge in [-0.25, -0.2) is 4.39 Å². The maximum Gasteiger partial charge on any atom is 0.144 e. The summed E-state index contributed by atoms with van der Waals surface area (Å²) in [6.45, 7) is 6.40. The van der Waals surface area contributed by atoms with Crippen LogP contribution in [0.5, 0.6) is 0 Å². The average molecular weight is 381 g/mol. The number of halogens is 1. The van der Waals surface area contributed by atoms with Gasteiger partial charge in [0.15, 0.2) is 0 Å². The van der Waals surface area contributed by atoms with Gasteiger partial charge in [0.05, 0.1) is 5.69 Å². The lowest BCUT2D eigenvalue weighted by molar-refractivity contribution is 0.626. The number of pyridine rings is 1. The molecule has 2 nitrogen and oxygen atoms in total. The lowest BCUT2D eigenvalue weighted by atomic mass is 9.93. The van der Waals surface area contributed by atoms with Gasteiger partial charge in [0.25, 0.3) is 0 Å². The average Bonchev–Trinajstić information content (AvgIpc) is 3.05. The minimum Gasteiger partial charge on any atom is -0.455 e. The summed E-state index contributed by atoms with van der Waals surface area (Å²) in [6, 6.07) is 19.1. The van der Waals surface area contributed by atoms with Crippen LogP contribution in [-0.2, 0) is 0 Å². The Labute approximate surface area is 168 Å². The van der Waals surface area contributed by atoms with E-state index in [0.29, 0.717) is 5.58 Å². The molecule has 0 aliphatic carbocycles. The zero-order chi connectivity index (χ0) is 20.1. The minimum absolute atomic E-state index is 0.268. The van der Waals surface area contributed by atoms with Crippen LogP contribution in [0.25, 0.3) is 44.3 Å². The molecule has 0 unspecified atom stereocenters. The van der Waals surface area contributed by atoms with Crippen molar-refractivity contribution in [3.63, 3.8) is 0 Å². The summed E-state index contributed by atoms with van der Waals surface area (Å²) in [4.78, 5) is 4.62. The number of rotatable bonds is 2. The van der Waals surface area contributed by atoms with Gasteiger partial charge in [-0.05, 0) is 79.4 Å². The van der Waals surface area contributed by atoms with Gasteiger partial charge in [-0.1, -0.05) is 29.8 Å². The first-order chi connectivity index (χ1) is 14.0. The monoisotopic (exact) mass is 381 g/mol. The summed E-state index contributed by atoms with van der Waals surface area (Å²) < 4.78 is 19.9. The Hall–Kier alpha value is -3.46. The fraction of sp³-hybridized carbons (Fsp3) is 0.115. The minimum atomic E-state index is -0.268. The van der Waals surface area contributed by atoms with Gasteiger partial charge in [-0.3, -0.25) is 4.98 Å². The lowest BCUT2D eigenvalue weighted by Gasteiger charge is -2.12. The van der Waals surface area contributed by atoms with Crippen LogP contribution in [0.4, 0.5) is 4.39 Å². The molecule has 0 aliphatic heterocycles. The Kier molecular flexibility index (Phi) is 3.99. The number of benzene rings is 3. The molecule has 0 amide bonds. The van der Waals surface area contributed by atoms with Crippen molar-refractivity contribution < 1.29 is 8.81 Å². The molecule has 142 valence electrons. The first-order valence-electron chi connectivity index (χ1n) is 9.67. The van der Waals surface area contributed by atoms with E-state index in [2.05, 4.69) is 44.0 Å². The van der Waals surface area contributed by atoms with E-state index >= 15 is 0 Å². The summed E-state index contributed by atoms with van der Waals surface area (Å²) in [5, 5.41) is 1.68. The molecule has 0 N–H and O–H groups in total. The van der Waals surface area contributed by atoms with Crippen LogP contribution >= 0.6 is 0 Å². The van der Waals surface area contributed by atoms with E-state index in [1.165, 1.54) is 34.4 Å². The molecular formula is C26H20FNO. The maximum absolute atomic E-state index is 13.8. The predicted octanol–water partition coefficient (Wildman–Crippen LogP) is 7.38. The number of furan rings is 1. The standard InChI is InChI=1S/C26H20FNO/c1-15-11-16(2)25(17(3)12-15)18-9-10-28-23(13-18)21-6-4-5-20-22-14-19(27)7-8-24(22)29-26(20)21/h4-14H,1-3H3. The van der Waals surface area contributed by atoms with E-state index in [-0.39, 0.29) is 5.82 Å². The van der Waals surface area contributed by atoms with Crippen molar-refractivity contribution in [3.8, 4) is 22.4 Å². The third-order valence-corrected chi connectivity index (χ3v) is 5.46. The molecule has 0 spiro atoms. The highest BCUT2D eigenvalue weighted by atomic mass is 19.1. The third kappa shape index (κ3) is 2.90. The number of para-hydroxylation sites is 1. The third-order valence-electron chi connectivity index (χ3n) is 5.46. The van der Waals surface area contributed by atoms with Gasteiger partial charge in [0.1, 0.15) is 17.0 Å². The summed E-state index contributed by atoms with van der Waals surface area (Å²) in [5.74, 6) is -0.268. The molecule has 3 aromatic carbocycles. The highest BCUT2D eigenvalue weighted by Gasteiger charge is 2.15. The number of hydrogen-bond donors (Lipinski definition) is 0. The van der Waals surface area contributed by atoms with Crippen LogP contribution in [0, 0.1) is 26.6 Å². The highest BCUT2D eigenvalue weighted by Crippen LogP contribution is 2.37. The number of aryl methyl sites for hydroxylation is 3. The van der Waals surface area contributed by atoms with Crippen LogP contribution < -0.4 is 0 Å². The van der Waals surface area contributed by atoms with Crippen LogP contribution in [0.15, 0.2) is 71.3 Å². The molecule has 0 saturated heterocycles. The number of hydrogen-bond acceptors (Lipinski definition) is 2. The van der Waals surface area contributed by atoms with E-state index in [4.69, 9.17) is 4.42 Å². The maximum atomic E-state index is 13.8. The number of aromatic nitrogens is 1. The van der Waals surface area contributed by atoms with Crippen LogP contribution in [-0.4, -0.2) is 4.98 Å². The second kappa shape index (κ2) is 6.56. The normalized spacial score (nSPS) is 11.4. The van der Waals surface area contributed by atoms with E-state index in [9.17, 15) is 4.39 Å². The van der Waals surface area contributed by atoms with Gasteiger partial charge in [-0.15, -0.1) is 0 Å². The van der Waals surface area contributed by atoms with Gasteiger partial charge in [0, 0.05) is 22.5 Å². The van der Waals surface area contributed by atoms with Crippen LogP contribution in [0.2, 0.25) is 0 Å². The zero-order valence-electron chi connectivity index (χ0n) is 16.6. The Morgan fingerprint density at radius 1 is 0.828 bits per heavy atom. The number of nitrogens with zero attached hydrogens (tertiary/aromatic N) is 1. The molecule has 0 saturated carbocycles. The molecule has 5 rings (SSSR count). The van der Waals surface area contributed by atoms with Gasteiger partial charge in [0.2, 0.25) is 0 Å². The first-order valence-corrected chi connectivity index (χ1v) is 9.67. The van der Waals surface area contributed by atoms with Crippen molar-refractivity contribution in [1.82, 2.24) is 4.98 Å². The Morgan fingerprint density at radius 3 is 2.41 bits per heavy atom. The zero-order valence-corrected chi connectivity index (χ0v) is 16.6. The molecule has 0 fully saturated rings. The Bertz CT molecular complexity index is 1370. The molecule has 5 aromatic rings. The quantitative estimate of drug-likeness (QED) is 0.319. The molecule has 0 radical (unpaired) electrons. The Morgan fingerprint density at radius 2 is 1.62 bits per heavy atom. The molecule has 0 aliphatic rings. The predicted molar refractivity (Wildman–Crippen MR) is 117 cm³/mol. The second-order valence-corrected chi connectivity index (χ2v) is 7.63. The molecule has 0 atom stereocenters. The first kappa shape index (κ1) is 17.6. The van der Waals surface area contributed by atoms with Crippen molar-refractivity contribution in [2.75, 3.05) is 0 Å².